The lowest BCUT2D eigenvalue weighted by Gasteiger charge is -2.42. The van der Waals surface area contributed by atoms with Crippen LogP contribution in [-0.4, -0.2) is 5.78 Å². The van der Waals surface area contributed by atoms with Crippen LogP contribution < -0.4 is 0 Å². The molecular weight excluding hydrogens is 160 g/mol. The zero-order valence-electron chi connectivity index (χ0n) is 9.24. The maximum Gasteiger partial charge on any atom is 0.139 e. The Morgan fingerprint density at radius 1 is 1.08 bits per heavy atom. The molecule has 0 amide bonds. The number of Topliss-reactive ketones (excluding diaryl/α,β-unsaturated/α-hetero) is 1. The van der Waals surface area contributed by atoms with E-state index >= 15 is 0 Å². The highest BCUT2D eigenvalue weighted by molar-refractivity contribution is 5.88. The molecular formula is C12H20O. The molecule has 0 aromatic rings. The first-order valence-electron chi connectivity index (χ1n) is 5.37. The van der Waals surface area contributed by atoms with Gasteiger partial charge in [0.05, 0.1) is 0 Å². The fraction of sp³-hybridized carbons (Fsp3) is 0.917. The van der Waals surface area contributed by atoms with E-state index in [1.165, 1.54) is 19.3 Å². The van der Waals surface area contributed by atoms with E-state index in [1.807, 2.05) is 0 Å². The Balaban J connectivity index is 2.51. The average molecular weight is 180 g/mol. The van der Waals surface area contributed by atoms with Gasteiger partial charge in [0.15, 0.2) is 0 Å². The van der Waals surface area contributed by atoms with Crippen molar-refractivity contribution in [1.29, 1.82) is 0 Å². The van der Waals surface area contributed by atoms with E-state index in [9.17, 15) is 4.79 Å². The highest BCUT2D eigenvalue weighted by Gasteiger charge is 2.64. The summed E-state index contributed by atoms with van der Waals surface area (Å²) in [5.74, 6) is 0.484. The van der Waals surface area contributed by atoms with Gasteiger partial charge in [-0.25, -0.2) is 0 Å². The van der Waals surface area contributed by atoms with Crippen LogP contribution in [0.15, 0.2) is 0 Å². The fourth-order valence-corrected chi connectivity index (χ4v) is 3.64. The summed E-state index contributed by atoms with van der Waals surface area (Å²) in [7, 11) is 0. The lowest BCUT2D eigenvalue weighted by atomic mass is 9.61. The van der Waals surface area contributed by atoms with Gasteiger partial charge in [0.2, 0.25) is 0 Å². The summed E-state index contributed by atoms with van der Waals surface area (Å²) in [5.41, 5.74) is 0.475. The fourth-order valence-electron chi connectivity index (χ4n) is 3.64. The molecule has 2 saturated carbocycles. The molecule has 0 aliphatic heterocycles. The van der Waals surface area contributed by atoms with Crippen LogP contribution in [0.1, 0.15) is 53.4 Å². The van der Waals surface area contributed by atoms with Gasteiger partial charge in [-0.3, -0.25) is 4.79 Å². The van der Waals surface area contributed by atoms with Gasteiger partial charge in [-0.1, -0.05) is 34.1 Å². The first-order chi connectivity index (χ1) is 5.83. The van der Waals surface area contributed by atoms with Crippen LogP contribution in [0.25, 0.3) is 0 Å². The number of hydrogen-bond donors (Lipinski definition) is 0. The van der Waals surface area contributed by atoms with Crippen molar-refractivity contribution in [3.05, 3.63) is 0 Å². The van der Waals surface area contributed by atoms with Crippen LogP contribution >= 0.6 is 0 Å². The summed E-state index contributed by atoms with van der Waals surface area (Å²) in [6.45, 7) is 8.93. The van der Waals surface area contributed by atoms with Crippen LogP contribution in [0.5, 0.6) is 0 Å². The molecule has 0 heterocycles. The normalized spacial score (nSPS) is 48.2. The van der Waals surface area contributed by atoms with Gasteiger partial charge in [0.1, 0.15) is 5.78 Å². The lowest BCUT2D eigenvalue weighted by molar-refractivity contribution is -0.127. The summed E-state index contributed by atoms with van der Waals surface area (Å²) >= 11 is 0. The van der Waals surface area contributed by atoms with Crippen molar-refractivity contribution in [1.82, 2.24) is 0 Å². The number of carbonyl (C=O) groups is 1. The molecule has 0 spiro atoms. The minimum atomic E-state index is -0.0851. The summed E-state index contributed by atoms with van der Waals surface area (Å²) in [6.07, 6.45) is 4.61. The molecule has 0 radical (unpaired) electrons. The largest absolute Gasteiger partial charge is 0.299 e. The van der Waals surface area contributed by atoms with Gasteiger partial charge < -0.3 is 0 Å². The maximum atomic E-state index is 11.9. The SMILES string of the molecule is CC1(C)C(=O)C[C@@]2(C)CCC[C@@]12C. The second-order valence-electron chi connectivity index (χ2n) is 5.97. The predicted octanol–water partition coefficient (Wildman–Crippen LogP) is 3.18. The van der Waals surface area contributed by atoms with Crippen molar-refractivity contribution in [3.8, 4) is 0 Å². The molecule has 74 valence electrons. The third-order valence-corrected chi connectivity index (χ3v) is 5.36. The molecule has 2 aliphatic rings. The van der Waals surface area contributed by atoms with Crippen molar-refractivity contribution in [2.75, 3.05) is 0 Å². The smallest absolute Gasteiger partial charge is 0.139 e. The topological polar surface area (TPSA) is 17.1 Å². The Bertz CT molecular complexity index is 266. The summed E-state index contributed by atoms with van der Waals surface area (Å²) in [4.78, 5) is 11.9. The van der Waals surface area contributed by atoms with Crippen LogP contribution in [0.2, 0.25) is 0 Å². The minimum Gasteiger partial charge on any atom is -0.299 e. The van der Waals surface area contributed by atoms with Gasteiger partial charge in [-0.05, 0) is 23.7 Å². The molecule has 2 atom stereocenters. The van der Waals surface area contributed by atoms with Crippen molar-refractivity contribution >= 4 is 5.78 Å². The van der Waals surface area contributed by atoms with Gasteiger partial charge in [-0.15, -0.1) is 0 Å². The third kappa shape index (κ3) is 0.812. The average Bonchev–Trinajstić information content (AvgIpc) is 2.34. The molecule has 1 nitrogen and oxygen atoms in total. The van der Waals surface area contributed by atoms with E-state index in [4.69, 9.17) is 0 Å². The van der Waals surface area contributed by atoms with Gasteiger partial charge in [0.25, 0.3) is 0 Å². The minimum absolute atomic E-state index is 0.0851. The molecule has 0 bridgehead atoms. The third-order valence-electron chi connectivity index (χ3n) is 5.36. The number of fused-ring (bicyclic) bond motifs is 1. The summed E-state index contributed by atoms with van der Waals surface area (Å²) in [5, 5.41) is 0. The maximum absolute atomic E-state index is 11.9. The molecule has 2 fully saturated rings. The van der Waals surface area contributed by atoms with E-state index < -0.39 is 0 Å². The molecule has 0 unspecified atom stereocenters. The Morgan fingerprint density at radius 2 is 1.69 bits per heavy atom. The van der Waals surface area contributed by atoms with Crippen LogP contribution in [0.4, 0.5) is 0 Å². The molecule has 13 heavy (non-hydrogen) atoms. The standard InChI is InChI=1S/C12H20O/c1-10(2)9(13)8-11(3)6-5-7-12(10,11)4/h5-8H2,1-4H3/t11-,12+/m1/s1. The Labute approximate surface area is 80.9 Å². The van der Waals surface area contributed by atoms with Gasteiger partial charge >= 0.3 is 0 Å². The zero-order chi connectivity index (χ0) is 9.91. The second kappa shape index (κ2) is 2.18. The summed E-state index contributed by atoms with van der Waals surface area (Å²) < 4.78 is 0. The van der Waals surface area contributed by atoms with E-state index in [1.54, 1.807) is 0 Å². The molecule has 0 aromatic heterocycles. The second-order valence-corrected chi connectivity index (χ2v) is 5.97. The quantitative estimate of drug-likeness (QED) is 0.559. The van der Waals surface area contributed by atoms with Crippen molar-refractivity contribution in [2.24, 2.45) is 16.2 Å². The number of carbonyl (C=O) groups excluding carboxylic acids is 1. The molecule has 2 aliphatic carbocycles. The predicted molar refractivity (Wildman–Crippen MR) is 53.5 cm³/mol. The lowest BCUT2D eigenvalue weighted by Crippen LogP contribution is -2.38. The molecule has 0 N–H and O–H groups in total. The van der Waals surface area contributed by atoms with Crippen LogP contribution in [-0.2, 0) is 4.79 Å². The van der Waals surface area contributed by atoms with Crippen molar-refractivity contribution in [3.63, 3.8) is 0 Å². The van der Waals surface area contributed by atoms with Crippen LogP contribution in [0, 0.1) is 16.2 Å². The van der Waals surface area contributed by atoms with Crippen molar-refractivity contribution < 1.29 is 4.79 Å². The molecule has 1 heteroatoms. The highest BCUT2D eigenvalue weighted by Crippen LogP contribution is 2.68. The van der Waals surface area contributed by atoms with E-state index in [-0.39, 0.29) is 10.8 Å². The first kappa shape index (κ1) is 9.23. The number of ketones is 1. The molecule has 2 rings (SSSR count). The zero-order valence-corrected chi connectivity index (χ0v) is 9.24. The van der Waals surface area contributed by atoms with Crippen LogP contribution in [0.3, 0.4) is 0 Å². The van der Waals surface area contributed by atoms with Gasteiger partial charge in [0, 0.05) is 11.8 Å². The highest BCUT2D eigenvalue weighted by atomic mass is 16.1. The van der Waals surface area contributed by atoms with E-state index in [0.29, 0.717) is 11.2 Å². The number of hydrogen-bond acceptors (Lipinski definition) is 1. The van der Waals surface area contributed by atoms with E-state index in [2.05, 4.69) is 27.7 Å². The monoisotopic (exact) mass is 180 g/mol. The molecule has 0 saturated heterocycles. The van der Waals surface area contributed by atoms with Crippen molar-refractivity contribution in [2.45, 2.75) is 53.4 Å². The Morgan fingerprint density at radius 3 is 2.23 bits per heavy atom. The first-order valence-corrected chi connectivity index (χ1v) is 5.37. The number of rotatable bonds is 0. The van der Waals surface area contributed by atoms with E-state index in [0.717, 1.165) is 6.42 Å². The Hall–Kier alpha value is -0.330. The Kier molecular flexibility index (Phi) is 1.55. The van der Waals surface area contributed by atoms with Gasteiger partial charge in [-0.2, -0.15) is 0 Å². The summed E-state index contributed by atoms with van der Waals surface area (Å²) in [6, 6.07) is 0. The molecule has 0 aromatic carbocycles.